The fourth-order valence-electron chi connectivity index (χ4n) is 2.12. The number of hydrogen-bond donors (Lipinski definition) is 3. The summed E-state index contributed by atoms with van der Waals surface area (Å²) in [5.74, 6) is -0.418. The first-order chi connectivity index (χ1) is 11.8. The molecule has 0 fully saturated rings. The Kier molecular flexibility index (Phi) is 5.69. The Hall–Kier alpha value is -2.96. The molecule has 0 saturated heterocycles. The van der Waals surface area contributed by atoms with Crippen molar-refractivity contribution in [1.82, 2.24) is 4.98 Å². The van der Waals surface area contributed by atoms with Crippen LogP contribution >= 0.6 is 0 Å². The normalized spacial score (nSPS) is 10.9. The van der Waals surface area contributed by atoms with Crippen molar-refractivity contribution in [2.24, 2.45) is 0 Å². The highest BCUT2D eigenvalue weighted by Crippen LogP contribution is 2.22. The van der Waals surface area contributed by atoms with Gasteiger partial charge in [-0.25, -0.2) is 9.59 Å². The van der Waals surface area contributed by atoms with Crippen LogP contribution in [-0.4, -0.2) is 29.8 Å². The van der Waals surface area contributed by atoms with Gasteiger partial charge in [0.05, 0.1) is 25.0 Å². The summed E-state index contributed by atoms with van der Waals surface area (Å²) >= 11 is 0. The summed E-state index contributed by atoms with van der Waals surface area (Å²) < 4.78 is 9.93. The van der Waals surface area contributed by atoms with Crippen molar-refractivity contribution in [3.8, 4) is 0 Å². The van der Waals surface area contributed by atoms with E-state index in [9.17, 15) is 9.59 Å². The SMILES string of the molecule is COC(=O)c1ccc(CNc2ccccc2NC(=O)OC(C)(C)C)[nH]1. The number of amides is 1. The van der Waals surface area contributed by atoms with Gasteiger partial charge >= 0.3 is 12.1 Å². The van der Waals surface area contributed by atoms with Crippen LogP contribution in [0.4, 0.5) is 16.2 Å². The average molecular weight is 345 g/mol. The van der Waals surface area contributed by atoms with Gasteiger partial charge in [0.25, 0.3) is 0 Å². The zero-order chi connectivity index (χ0) is 18.4. The molecule has 0 atom stereocenters. The number of benzene rings is 1. The molecule has 0 spiro atoms. The molecule has 2 rings (SSSR count). The molecule has 0 radical (unpaired) electrons. The van der Waals surface area contributed by atoms with E-state index in [1.807, 2.05) is 18.2 Å². The van der Waals surface area contributed by atoms with Crippen molar-refractivity contribution in [3.05, 3.63) is 47.8 Å². The molecule has 0 bridgehead atoms. The Morgan fingerprint density at radius 2 is 1.76 bits per heavy atom. The number of nitrogens with one attached hydrogen (secondary N) is 3. The van der Waals surface area contributed by atoms with Gasteiger partial charge in [-0.05, 0) is 45.0 Å². The van der Waals surface area contributed by atoms with Gasteiger partial charge in [0.2, 0.25) is 0 Å². The molecule has 3 N–H and O–H groups in total. The van der Waals surface area contributed by atoms with E-state index in [1.54, 1.807) is 39.0 Å². The first-order valence-corrected chi connectivity index (χ1v) is 7.87. The summed E-state index contributed by atoms with van der Waals surface area (Å²) in [6.07, 6.45) is -0.519. The van der Waals surface area contributed by atoms with Crippen LogP contribution in [0.1, 0.15) is 37.0 Å². The van der Waals surface area contributed by atoms with Crippen LogP contribution in [0, 0.1) is 0 Å². The zero-order valence-electron chi connectivity index (χ0n) is 14.8. The van der Waals surface area contributed by atoms with Gasteiger partial charge < -0.3 is 19.8 Å². The Morgan fingerprint density at radius 1 is 1.08 bits per heavy atom. The Labute approximate surface area is 146 Å². The van der Waals surface area contributed by atoms with Crippen molar-refractivity contribution in [3.63, 3.8) is 0 Å². The largest absolute Gasteiger partial charge is 0.464 e. The fourth-order valence-corrected chi connectivity index (χ4v) is 2.12. The average Bonchev–Trinajstić information content (AvgIpc) is 3.00. The molecule has 0 saturated carbocycles. The number of anilines is 2. The zero-order valence-corrected chi connectivity index (χ0v) is 14.8. The molecule has 7 heteroatoms. The van der Waals surface area contributed by atoms with Crippen molar-refractivity contribution < 1.29 is 19.1 Å². The molecule has 0 unspecified atom stereocenters. The molecule has 0 aliphatic heterocycles. The first-order valence-electron chi connectivity index (χ1n) is 7.87. The molecule has 0 aliphatic rings. The number of para-hydroxylation sites is 2. The first kappa shape index (κ1) is 18.4. The number of esters is 1. The third-order valence-corrected chi connectivity index (χ3v) is 3.18. The van der Waals surface area contributed by atoms with Gasteiger partial charge in [0, 0.05) is 5.69 Å². The monoisotopic (exact) mass is 345 g/mol. The topological polar surface area (TPSA) is 92.5 Å². The third-order valence-electron chi connectivity index (χ3n) is 3.18. The van der Waals surface area contributed by atoms with Crippen molar-refractivity contribution >= 4 is 23.4 Å². The standard InChI is InChI=1S/C18H23N3O4/c1-18(2,3)25-17(23)21-14-8-6-5-7-13(14)19-11-12-9-10-15(20-12)16(22)24-4/h5-10,19-20H,11H2,1-4H3,(H,21,23). The van der Waals surface area contributed by atoms with Gasteiger partial charge in [-0.15, -0.1) is 0 Å². The molecule has 2 aromatic rings. The van der Waals surface area contributed by atoms with Crippen LogP contribution in [-0.2, 0) is 16.0 Å². The predicted octanol–water partition coefficient (Wildman–Crippen LogP) is 3.76. The molecule has 134 valence electrons. The molecule has 7 nitrogen and oxygen atoms in total. The lowest BCUT2D eigenvalue weighted by Gasteiger charge is -2.20. The summed E-state index contributed by atoms with van der Waals surface area (Å²) in [6.45, 7) is 5.87. The molecule has 1 aromatic carbocycles. The number of H-pyrrole nitrogens is 1. The summed E-state index contributed by atoms with van der Waals surface area (Å²) in [5.41, 5.74) is 1.98. The second-order valence-corrected chi connectivity index (χ2v) is 6.41. The molecular formula is C18H23N3O4. The molecule has 1 amide bonds. The van der Waals surface area contributed by atoms with E-state index in [4.69, 9.17) is 4.74 Å². The summed E-state index contributed by atoms with van der Waals surface area (Å²) in [7, 11) is 1.33. The number of carbonyl (C=O) groups is 2. The smallest absolute Gasteiger partial charge is 0.412 e. The third kappa shape index (κ3) is 5.56. The van der Waals surface area contributed by atoms with Crippen molar-refractivity contribution in [1.29, 1.82) is 0 Å². The van der Waals surface area contributed by atoms with Crippen LogP contribution in [0.2, 0.25) is 0 Å². The van der Waals surface area contributed by atoms with Crippen molar-refractivity contribution in [2.45, 2.75) is 32.9 Å². The van der Waals surface area contributed by atoms with Gasteiger partial charge in [0.1, 0.15) is 11.3 Å². The lowest BCUT2D eigenvalue weighted by atomic mass is 10.2. The van der Waals surface area contributed by atoms with Crippen molar-refractivity contribution in [2.75, 3.05) is 17.7 Å². The highest BCUT2D eigenvalue weighted by atomic mass is 16.6. The minimum absolute atomic E-state index is 0.388. The summed E-state index contributed by atoms with van der Waals surface area (Å²) in [5, 5.41) is 5.94. The van der Waals surface area contributed by atoms with Crippen LogP contribution in [0.25, 0.3) is 0 Å². The molecule has 25 heavy (non-hydrogen) atoms. The second kappa shape index (κ2) is 7.74. The number of aromatic nitrogens is 1. The number of hydrogen-bond acceptors (Lipinski definition) is 5. The number of carbonyl (C=O) groups excluding carboxylic acids is 2. The summed E-state index contributed by atoms with van der Waals surface area (Å²) in [4.78, 5) is 26.4. The Morgan fingerprint density at radius 3 is 2.40 bits per heavy atom. The maximum absolute atomic E-state index is 11.9. The quantitative estimate of drug-likeness (QED) is 0.718. The van der Waals surface area contributed by atoms with E-state index in [0.29, 0.717) is 17.9 Å². The second-order valence-electron chi connectivity index (χ2n) is 6.41. The number of ether oxygens (including phenoxy) is 2. The predicted molar refractivity (Wildman–Crippen MR) is 95.8 cm³/mol. The fraction of sp³-hybridized carbons (Fsp3) is 0.333. The lowest BCUT2D eigenvalue weighted by Crippen LogP contribution is -2.27. The summed E-state index contributed by atoms with van der Waals surface area (Å²) in [6, 6.07) is 10.8. The van der Waals surface area contributed by atoms with E-state index in [1.165, 1.54) is 7.11 Å². The molecule has 1 heterocycles. The van der Waals surface area contributed by atoms with E-state index in [2.05, 4.69) is 20.4 Å². The minimum Gasteiger partial charge on any atom is -0.464 e. The molecule has 1 aromatic heterocycles. The van der Waals surface area contributed by atoms with E-state index >= 15 is 0 Å². The van der Waals surface area contributed by atoms with Gasteiger partial charge in [0.15, 0.2) is 0 Å². The molecule has 0 aliphatic carbocycles. The van der Waals surface area contributed by atoms with E-state index < -0.39 is 17.7 Å². The maximum Gasteiger partial charge on any atom is 0.412 e. The minimum atomic E-state index is -0.568. The Bertz CT molecular complexity index is 747. The van der Waals surface area contributed by atoms with Gasteiger partial charge in [-0.3, -0.25) is 5.32 Å². The lowest BCUT2D eigenvalue weighted by molar-refractivity contribution is 0.0592. The number of aromatic amines is 1. The van der Waals surface area contributed by atoms with Gasteiger partial charge in [-0.1, -0.05) is 12.1 Å². The highest BCUT2D eigenvalue weighted by Gasteiger charge is 2.17. The molecular weight excluding hydrogens is 322 g/mol. The Balaban J connectivity index is 2.02. The van der Waals surface area contributed by atoms with Gasteiger partial charge in [-0.2, -0.15) is 0 Å². The van der Waals surface area contributed by atoms with E-state index in [0.717, 1.165) is 11.4 Å². The maximum atomic E-state index is 11.9. The number of rotatable bonds is 5. The van der Waals surface area contributed by atoms with Crippen LogP contribution in [0.5, 0.6) is 0 Å². The van der Waals surface area contributed by atoms with Crippen LogP contribution < -0.4 is 10.6 Å². The van der Waals surface area contributed by atoms with Crippen LogP contribution in [0.15, 0.2) is 36.4 Å². The van der Waals surface area contributed by atoms with Crippen LogP contribution in [0.3, 0.4) is 0 Å². The van der Waals surface area contributed by atoms with E-state index in [-0.39, 0.29) is 0 Å². The highest BCUT2D eigenvalue weighted by molar-refractivity contribution is 5.89. The number of methoxy groups -OCH3 is 1.